The van der Waals surface area contributed by atoms with Gasteiger partial charge < -0.3 is 35.8 Å². The van der Waals surface area contributed by atoms with Gasteiger partial charge in [0.2, 0.25) is 23.6 Å². The predicted molar refractivity (Wildman–Crippen MR) is 391 cm³/mol. The second-order valence-corrected chi connectivity index (χ2v) is 36.3. The Kier molecular flexibility index (Phi) is 23.2. The van der Waals surface area contributed by atoms with E-state index in [1.165, 1.54) is 67.3 Å². The summed E-state index contributed by atoms with van der Waals surface area (Å²) in [6.07, 6.45) is 8.33. The molecule has 552 valence electrons. The van der Waals surface area contributed by atoms with Gasteiger partial charge in [-0.2, -0.15) is 13.2 Å². The van der Waals surface area contributed by atoms with Crippen molar-refractivity contribution in [2.45, 2.75) is 176 Å². The molecular formula is C75H97F3N10O10S4. The van der Waals surface area contributed by atoms with Crippen molar-refractivity contribution in [2.24, 2.45) is 21.7 Å². The highest BCUT2D eigenvalue weighted by Crippen LogP contribution is 2.79. The molecular weight excluding hydrogens is 1390 g/mol. The molecule has 5 N–H and O–H groups in total. The van der Waals surface area contributed by atoms with Crippen LogP contribution in [0, 0.1) is 28.6 Å². The number of aromatic nitrogens is 1. The summed E-state index contributed by atoms with van der Waals surface area (Å²) in [5, 5.41) is 19.5. The van der Waals surface area contributed by atoms with Crippen molar-refractivity contribution < 1.29 is 59.1 Å². The number of nitrogens with one attached hydrogen (secondary N) is 4. The minimum atomic E-state index is -6.19. The summed E-state index contributed by atoms with van der Waals surface area (Å²) in [4.78, 5) is 82.5. The van der Waals surface area contributed by atoms with Gasteiger partial charge in [0.15, 0.2) is 0 Å². The first-order valence-electron chi connectivity index (χ1n) is 35.5. The molecule has 0 unspecified atom stereocenters. The number of thioether (sulfide) groups is 1. The number of halogens is 3. The number of β-amino-alcohol motifs (C(OH)–C–C–N with tert-alkyl or cyclic N) is 1. The van der Waals surface area contributed by atoms with E-state index in [9.17, 15) is 59.1 Å². The second kappa shape index (κ2) is 31.1. The van der Waals surface area contributed by atoms with Gasteiger partial charge in [-0.05, 0) is 146 Å². The molecule has 2 bridgehead atoms. The first-order chi connectivity index (χ1) is 48.2. The van der Waals surface area contributed by atoms with Gasteiger partial charge in [0, 0.05) is 126 Å². The number of allylic oxidation sites excluding steroid dienone is 1. The van der Waals surface area contributed by atoms with E-state index in [0.717, 1.165) is 83.6 Å². The maximum atomic E-state index is 14.6. The Labute approximate surface area is 606 Å². The number of carbonyl (C=O) groups excluding carboxylic acids is 5. The van der Waals surface area contributed by atoms with E-state index in [1.54, 1.807) is 65.8 Å². The van der Waals surface area contributed by atoms with E-state index < -0.39 is 94.1 Å². The van der Waals surface area contributed by atoms with Crippen LogP contribution in [0.2, 0.25) is 0 Å². The molecule has 4 aliphatic carbocycles. The zero-order valence-electron chi connectivity index (χ0n) is 59.4. The van der Waals surface area contributed by atoms with Crippen LogP contribution < -0.4 is 25.6 Å². The van der Waals surface area contributed by atoms with E-state index in [2.05, 4.69) is 56.4 Å². The van der Waals surface area contributed by atoms with Crippen molar-refractivity contribution in [3.63, 3.8) is 0 Å². The van der Waals surface area contributed by atoms with Crippen molar-refractivity contribution in [3.05, 3.63) is 131 Å². The van der Waals surface area contributed by atoms with Crippen LogP contribution >= 0.6 is 23.1 Å². The number of likely N-dealkylation sites (tertiary alicyclic amines) is 1. The summed E-state index contributed by atoms with van der Waals surface area (Å²) < 4.78 is 100. The summed E-state index contributed by atoms with van der Waals surface area (Å²) in [7, 11) is -11.1. The Bertz CT molecular complexity index is 4110. The molecule has 3 saturated carbocycles. The van der Waals surface area contributed by atoms with Crippen LogP contribution in [-0.2, 0) is 45.6 Å². The molecule has 12 rings (SSSR count). The number of nitrogens with zero attached hydrogens (tertiary/aromatic N) is 6. The maximum absolute atomic E-state index is 14.6. The van der Waals surface area contributed by atoms with Crippen LogP contribution in [0.1, 0.15) is 140 Å². The summed E-state index contributed by atoms with van der Waals surface area (Å²) >= 11 is 2.93. The summed E-state index contributed by atoms with van der Waals surface area (Å²) in [5.74, 6) is -2.38. The third-order valence-corrected chi connectivity index (χ3v) is 26.7. The molecule has 1 aromatic heterocycles. The number of sulfonamides is 1. The van der Waals surface area contributed by atoms with Crippen molar-refractivity contribution in [1.82, 2.24) is 39.9 Å². The highest BCUT2D eigenvalue weighted by atomic mass is 32.2. The van der Waals surface area contributed by atoms with Gasteiger partial charge >= 0.3 is 5.51 Å². The normalized spacial score (nSPS) is 22.5. The lowest BCUT2D eigenvalue weighted by atomic mass is 9.31. The lowest BCUT2D eigenvalue weighted by molar-refractivity contribution is -0.182. The van der Waals surface area contributed by atoms with Crippen molar-refractivity contribution in [2.75, 3.05) is 88.0 Å². The molecule has 3 saturated heterocycles. The topological polar surface area (TPSA) is 251 Å². The number of anilines is 2. The lowest BCUT2D eigenvalue weighted by Crippen LogP contribution is -2.63. The largest absolute Gasteiger partial charge is 0.501 e. The number of carbonyl (C=O) groups is 5. The molecule has 4 aromatic carbocycles. The Morgan fingerprint density at radius 3 is 2.15 bits per heavy atom. The Morgan fingerprint density at radius 2 is 1.51 bits per heavy atom. The number of aliphatic hydroxyl groups is 1. The van der Waals surface area contributed by atoms with Crippen LogP contribution in [-0.4, -0.2) is 184 Å². The molecule has 0 spiro atoms. The molecule has 0 radical (unpaired) electrons. The van der Waals surface area contributed by atoms with Crippen LogP contribution in [0.3, 0.4) is 0 Å². The molecule has 7 aliphatic rings. The first kappa shape index (κ1) is 76.3. The predicted octanol–water partition coefficient (Wildman–Crippen LogP) is 10.8. The molecule has 20 nitrogen and oxygen atoms in total. The minimum absolute atomic E-state index is 0.0233. The lowest BCUT2D eigenvalue weighted by Gasteiger charge is -2.73. The van der Waals surface area contributed by atoms with Gasteiger partial charge in [0.1, 0.15) is 17.0 Å². The van der Waals surface area contributed by atoms with E-state index in [4.69, 9.17) is 0 Å². The minimum Gasteiger partial charge on any atom is -0.391 e. The molecule has 5 aromatic rings. The number of aryl methyl sites for hydroxylation is 1. The van der Waals surface area contributed by atoms with Crippen LogP contribution in [0.15, 0.2) is 128 Å². The third-order valence-electron chi connectivity index (χ3n) is 21.7. The van der Waals surface area contributed by atoms with E-state index in [-0.39, 0.29) is 62.4 Å². The van der Waals surface area contributed by atoms with Gasteiger partial charge in [-0.3, -0.25) is 33.8 Å². The Balaban J connectivity index is 0.659. The number of benzene rings is 4. The standard InChI is InChI=1S/C75H97F3N10O10S4/c1-8-73-46-74(47-73,48-73)60-41-72(6,7)29-27-54(60)43-85-33-35-86(36-34-85)56-23-21-53(22-24-56)68(92)83-102(97,98)59-25-26-61(63(40-59)101(95,96)75(76,77)78)81-55(45-99-58-13-10-9-11-14-58)28-30-84-31-37-87(38-32-84)65(91)16-12-15-64(90)82-67(71(3,4)5)70(94)88-44-57(89)39-62(88)69(93)79-42-51-17-19-52(20-18-51)66-50(2)80-49-100-66/h9-11,13-14,17-26,40,49,55,57,62,67,81,89H,8,12,15-16,27-39,41-48H2,1-7H3,(H,79,93)(H,82,90)(H,83,92)/t55-,57-,62+,67-,73?,74?/m1/s1. The number of aliphatic hydroxyl groups excluding tert-OH is 1. The fourth-order valence-corrected chi connectivity index (χ4v) is 19.5. The van der Waals surface area contributed by atoms with E-state index in [0.29, 0.717) is 55.0 Å². The SMILES string of the molecule is CCC12CC(C3=C(CN4CCN(c5ccc(C(=O)NS(=O)(=O)c6ccc(N[C@H](CCN7CCN(C(=O)CCCC(=O)N[C@H](C(=O)N8C[C@H](O)C[C@H]8C(=O)NCc8ccc(-c9scnc9C)cc8)C(C)(C)C)CC7)CSc7ccccc7)c(S(=O)(=O)C(F)(F)F)c6)cc5)CC4)CCC(C)(C)C3)(C1)C2. The molecule has 27 heteroatoms. The highest BCUT2D eigenvalue weighted by Gasteiger charge is 2.68. The molecule has 4 heterocycles. The molecule has 3 aliphatic heterocycles. The quantitative estimate of drug-likeness (QED) is 0.0242. The van der Waals surface area contributed by atoms with Crippen molar-refractivity contribution in [3.8, 4) is 10.4 Å². The molecule has 102 heavy (non-hydrogen) atoms. The monoisotopic (exact) mass is 1480 g/mol. The first-order valence-corrected chi connectivity index (χ1v) is 40.4. The average molecular weight is 1480 g/mol. The van der Waals surface area contributed by atoms with Crippen molar-refractivity contribution in [1.29, 1.82) is 0 Å². The Morgan fingerprint density at radius 1 is 0.833 bits per heavy atom. The Hall–Kier alpha value is -6.88. The molecule has 5 amide bonds. The van der Waals surface area contributed by atoms with E-state index >= 15 is 0 Å². The summed E-state index contributed by atoms with van der Waals surface area (Å²) in [5.41, 5.74) is 2.98. The van der Waals surface area contributed by atoms with Crippen LogP contribution in [0.4, 0.5) is 24.5 Å². The number of alkyl halides is 3. The second-order valence-electron chi connectivity index (χ2n) is 30.7. The molecule has 6 fully saturated rings. The third kappa shape index (κ3) is 17.7. The highest BCUT2D eigenvalue weighted by molar-refractivity contribution is 7.99. The van der Waals surface area contributed by atoms with Crippen LogP contribution in [0.25, 0.3) is 10.4 Å². The number of hydrogen-bond donors (Lipinski definition) is 5. The maximum Gasteiger partial charge on any atom is 0.501 e. The van der Waals surface area contributed by atoms with Crippen LogP contribution in [0.5, 0.6) is 0 Å². The number of piperazine rings is 2. The fraction of sp³-hybridized carbons (Fsp3) is 0.547. The number of sulfone groups is 1. The zero-order chi connectivity index (χ0) is 73.2. The summed E-state index contributed by atoms with van der Waals surface area (Å²) in [6.45, 7) is 20.7. The zero-order valence-corrected chi connectivity index (χ0v) is 62.6. The van der Waals surface area contributed by atoms with E-state index in [1.807, 2.05) is 66.2 Å². The number of thiazole rings is 1. The van der Waals surface area contributed by atoms with Gasteiger partial charge in [0.05, 0.1) is 32.8 Å². The smallest absolute Gasteiger partial charge is 0.391 e. The molecule has 4 atom stereocenters. The number of amides is 5. The van der Waals surface area contributed by atoms with Gasteiger partial charge in [-0.15, -0.1) is 23.1 Å². The van der Waals surface area contributed by atoms with Gasteiger partial charge in [0.25, 0.3) is 25.8 Å². The number of rotatable bonds is 27. The van der Waals surface area contributed by atoms with Gasteiger partial charge in [-0.1, -0.05) is 102 Å². The fourth-order valence-electron chi connectivity index (χ4n) is 15.7. The summed E-state index contributed by atoms with van der Waals surface area (Å²) in [6, 6.07) is 23.0. The average Bonchev–Trinajstić information content (AvgIpc) is 0.678. The van der Waals surface area contributed by atoms with Gasteiger partial charge in [-0.25, -0.2) is 26.5 Å². The number of hydrogen-bond acceptors (Lipinski definition) is 17. The van der Waals surface area contributed by atoms with Crippen molar-refractivity contribution >= 4 is 83.9 Å².